The first-order valence-electron chi connectivity index (χ1n) is 10.4. The van der Waals surface area contributed by atoms with Crippen LogP contribution in [0.3, 0.4) is 0 Å². The van der Waals surface area contributed by atoms with Crippen LogP contribution >= 0.6 is 27.7 Å². The van der Waals surface area contributed by atoms with Crippen molar-refractivity contribution in [3.63, 3.8) is 0 Å². The molecule has 3 rings (SSSR count). The van der Waals surface area contributed by atoms with Gasteiger partial charge in [-0.05, 0) is 67.6 Å². The molecule has 0 saturated heterocycles. The predicted molar refractivity (Wildman–Crippen MR) is 138 cm³/mol. The summed E-state index contributed by atoms with van der Waals surface area (Å²) in [6, 6.07) is 21.8. The zero-order chi connectivity index (χ0) is 24.0. The number of amides is 1. The molecule has 1 atom stereocenters. The summed E-state index contributed by atoms with van der Waals surface area (Å²) in [5, 5.41) is 2.93. The Morgan fingerprint density at radius 1 is 1.00 bits per heavy atom. The van der Waals surface area contributed by atoms with Gasteiger partial charge in [-0.3, -0.25) is 4.79 Å². The van der Waals surface area contributed by atoms with Crippen molar-refractivity contribution in [3.05, 3.63) is 94.0 Å². The molecule has 0 bridgehead atoms. The van der Waals surface area contributed by atoms with Gasteiger partial charge >= 0.3 is 0 Å². The van der Waals surface area contributed by atoms with Crippen LogP contribution < -0.4 is 5.32 Å². The Kier molecular flexibility index (Phi) is 8.75. The maximum absolute atomic E-state index is 13.4. The van der Waals surface area contributed by atoms with E-state index in [0.717, 1.165) is 26.1 Å². The number of thioether (sulfide) groups is 1. The van der Waals surface area contributed by atoms with Crippen LogP contribution in [-0.2, 0) is 21.4 Å². The average Bonchev–Trinajstić information content (AvgIpc) is 2.80. The molecule has 0 fully saturated rings. The number of sulfonamides is 1. The van der Waals surface area contributed by atoms with E-state index in [9.17, 15) is 13.2 Å². The second kappa shape index (κ2) is 11.3. The lowest BCUT2D eigenvalue weighted by atomic mass is 10.1. The van der Waals surface area contributed by atoms with E-state index in [1.54, 1.807) is 36.0 Å². The quantitative estimate of drug-likeness (QED) is 0.357. The number of hydrogen-bond acceptors (Lipinski definition) is 4. The van der Waals surface area contributed by atoms with Crippen LogP contribution in [0.4, 0.5) is 0 Å². The molecule has 0 aliphatic carbocycles. The van der Waals surface area contributed by atoms with Crippen LogP contribution in [0.2, 0.25) is 0 Å². The van der Waals surface area contributed by atoms with E-state index >= 15 is 0 Å². The number of carbonyl (C=O) groups is 1. The second-order valence-electron chi connectivity index (χ2n) is 7.77. The van der Waals surface area contributed by atoms with Crippen molar-refractivity contribution in [2.24, 2.45) is 0 Å². The van der Waals surface area contributed by atoms with Gasteiger partial charge in [0.1, 0.15) is 0 Å². The van der Waals surface area contributed by atoms with E-state index < -0.39 is 10.0 Å². The number of nitrogens with zero attached hydrogens (tertiary/aromatic N) is 1. The number of nitrogens with one attached hydrogen (secondary N) is 1. The molecule has 3 aromatic rings. The van der Waals surface area contributed by atoms with Crippen molar-refractivity contribution in [1.82, 2.24) is 9.62 Å². The Labute approximate surface area is 208 Å². The van der Waals surface area contributed by atoms with Crippen LogP contribution in [0.1, 0.15) is 29.7 Å². The Morgan fingerprint density at radius 2 is 1.61 bits per heavy atom. The van der Waals surface area contributed by atoms with E-state index in [2.05, 4.69) is 21.2 Å². The molecule has 0 radical (unpaired) electrons. The highest BCUT2D eigenvalue weighted by Gasteiger charge is 2.27. The lowest BCUT2D eigenvalue weighted by molar-refractivity contribution is -0.122. The molecular formula is C25H27BrN2O3S2. The molecule has 5 nitrogen and oxygen atoms in total. The average molecular weight is 548 g/mol. The minimum atomic E-state index is -3.87. The Bertz CT molecular complexity index is 1180. The largest absolute Gasteiger partial charge is 0.348 e. The zero-order valence-electron chi connectivity index (χ0n) is 18.8. The molecule has 0 aromatic heterocycles. The van der Waals surface area contributed by atoms with Crippen LogP contribution in [0.25, 0.3) is 0 Å². The highest BCUT2D eigenvalue weighted by Crippen LogP contribution is 2.22. The van der Waals surface area contributed by atoms with Crippen molar-refractivity contribution in [1.29, 1.82) is 0 Å². The fourth-order valence-corrected chi connectivity index (χ4v) is 5.36. The number of carbonyl (C=O) groups excluding carboxylic acids is 1. The Morgan fingerprint density at radius 3 is 2.18 bits per heavy atom. The van der Waals surface area contributed by atoms with E-state index in [-0.39, 0.29) is 29.9 Å². The molecule has 174 valence electrons. The fourth-order valence-electron chi connectivity index (χ4n) is 3.30. The monoisotopic (exact) mass is 546 g/mol. The van der Waals surface area contributed by atoms with Gasteiger partial charge in [-0.2, -0.15) is 4.31 Å². The minimum Gasteiger partial charge on any atom is -0.348 e. The summed E-state index contributed by atoms with van der Waals surface area (Å²) in [6.45, 7) is 3.60. The van der Waals surface area contributed by atoms with Gasteiger partial charge in [-0.15, -0.1) is 11.8 Å². The molecule has 3 aromatic carbocycles. The summed E-state index contributed by atoms with van der Waals surface area (Å²) in [7, 11) is -3.87. The molecule has 33 heavy (non-hydrogen) atoms. The SMILES string of the molecule is CSc1ccc([C@H](C)NC(=O)CN(Cc2ccc(Br)cc2)S(=O)(=O)c2ccc(C)cc2)cc1. The molecule has 8 heteroatoms. The number of benzene rings is 3. The molecule has 0 heterocycles. The van der Waals surface area contributed by atoms with E-state index in [1.165, 1.54) is 4.31 Å². The van der Waals surface area contributed by atoms with Gasteiger partial charge in [-0.1, -0.05) is 57.9 Å². The van der Waals surface area contributed by atoms with E-state index in [1.807, 2.05) is 68.6 Å². The number of hydrogen-bond donors (Lipinski definition) is 1. The predicted octanol–water partition coefficient (Wildman–Crippen LogP) is 5.55. The van der Waals surface area contributed by atoms with Gasteiger partial charge in [0.25, 0.3) is 0 Å². The van der Waals surface area contributed by atoms with Crippen LogP contribution in [0.15, 0.2) is 87.1 Å². The Balaban J connectivity index is 1.81. The molecule has 1 N–H and O–H groups in total. The first kappa shape index (κ1) is 25.5. The van der Waals surface area contributed by atoms with Gasteiger partial charge < -0.3 is 5.32 Å². The first-order chi connectivity index (χ1) is 15.7. The molecule has 0 unspecified atom stereocenters. The van der Waals surface area contributed by atoms with Crippen LogP contribution in [0.5, 0.6) is 0 Å². The zero-order valence-corrected chi connectivity index (χ0v) is 22.0. The lowest BCUT2D eigenvalue weighted by Crippen LogP contribution is -2.41. The first-order valence-corrected chi connectivity index (χ1v) is 13.9. The van der Waals surface area contributed by atoms with Crippen molar-refractivity contribution in [2.75, 3.05) is 12.8 Å². The Hall–Kier alpha value is -2.13. The summed E-state index contributed by atoms with van der Waals surface area (Å²) >= 11 is 5.05. The maximum Gasteiger partial charge on any atom is 0.243 e. The van der Waals surface area contributed by atoms with Crippen molar-refractivity contribution in [2.45, 2.75) is 36.2 Å². The summed E-state index contributed by atoms with van der Waals surface area (Å²) in [5.74, 6) is -0.357. The lowest BCUT2D eigenvalue weighted by Gasteiger charge is -2.23. The number of aryl methyl sites for hydroxylation is 1. The molecule has 0 spiro atoms. The summed E-state index contributed by atoms with van der Waals surface area (Å²) in [4.78, 5) is 14.2. The smallest absolute Gasteiger partial charge is 0.243 e. The topological polar surface area (TPSA) is 66.5 Å². The molecular weight excluding hydrogens is 520 g/mol. The van der Waals surface area contributed by atoms with E-state index in [0.29, 0.717) is 0 Å². The maximum atomic E-state index is 13.4. The summed E-state index contributed by atoms with van der Waals surface area (Å²) in [5.41, 5.74) is 2.72. The van der Waals surface area contributed by atoms with Crippen molar-refractivity contribution in [3.8, 4) is 0 Å². The standard InChI is InChI=1S/C25H27BrN2O3S2/c1-18-4-14-24(15-5-18)33(30,31)28(16-20-6-10-22(26)11-7-20)17-25(29)27-19(2)21-8-12-23(32-3)13-9-21/h4-15,19H,16-17H2,1-3H3,(H,27,29)/t19-/m0/s1. The fraction of sp³-hybridized carbons (Fsp3) is 0.240. The van der Waals surface area contributed by atoms with Gasteiger partial charge in [-0.25, -0.2) is 8.42 Å². The van der Waals surface area contributed by atoms with Gasteiger partial charge in [0.05, 0.1) is 17.5 Å². The highest BCUT2D eigenvalue weighted by atomic mass is 79.9. The summed E-state index contributed by atoms with van der Waals surface area (Å²) < 4.78 is 28.9. The molecule has 0 aliphatic heterocycles. The normalized spacial score (nSPS) is 12.5. The summed E-state index contributed by atoms with van der Waals surface area (Å²) in [6.07, 6.45) is 2.01. The van der Waals surface area contributed by atoms with Crippen LogP contribution in [-0.4, -0.2) is 31.4 Å². The van der Waals surface area contributed by atoms with Gasteiger partial charge in [0.15, 0.2) is 0 Å². The molecule has 0 saturated carbocycles. The third-order valence-corrected chi connectivity index (χ3v) is 8.32. The minimum absolute atomic E-state index is 0.0910. The second-order valence-corrected chi connectivity index (χ2v) is 11.5. The number of rotatable bonds is 9. The van der Waals surface area contributed by atoms with Gasteiger partial charge in [0, 0.05) is 15.9 Å². The third kappa shape index (κ3) is 6.93. The number of halogens is 1. The van der Waals surface area contributed by atoms with Crippen LogP contribution in [0, 0.1) is 6.92 Å². The third-order valence-electron chi connectivity index (χ3n) is 5.24. The molecule has 1 amide bonds. The highest BCUT2D eigenvalue weighted by molar-refractivity contribution is 9.10. The van der Waals surface area contributed by atoms with Crippen molar-refractivity contribution < 1.29 is 13.2 Å². The van der Waals surface area contributed by atoms with Crippen molar-refractivity contribution >= 4 is 43.6 Å². The van der Waals surface area contributed by atoms with Gasteiger partial charge in [0.2, 0.25) is 15.9 Å². The van der Waals surface area contributed by atoms with E-state index in [4.69, 9.17) is 0 Å². The molecule has 0 aliphatic rings.